The molecule has 33 heavy (non-hydrogen) atoms. The maximum absolute atomic E-state index is 13.0. The van der Waals surface area contributed by atoms with Gasteiger partial charge in [-0.05, 0) is 68.4 Å². The van der Waals surface area contributed by atoms with Crippen LogP contribution in [0.5, 0.6) is 5.75 Å². The van der Waals surface area contributed by atoms with E-state index >= 15 is 0 Å². The Morgan fingerprint density at radius 1 is 1.15 bits per heavy atom. The summed E-state index contributed by atoms with van der Waals surface area (Å²) in [6.45, 7) is 2.97. The standard InChI is InChI=1S/C26H30ClN3O3/c1-2-16-30(18-24-28-29-26(33-24)22-12-5-6-13-23(22)27)25(31)15-14-19-8-7-11-21(17-19)32-20-9-3-4-10-20/h5-8,11-13,17,20H,2-4,9-10,14-16,18H2,1H3. The summed E-state index contributed by atoms with van der Waals surface area (Å²) in [5.74, 6) is 1.73. The summed E-state index contributed by atoms with van der Waals surface area (Å²) >= 11 is 6.23. The van der Waals surface area contributed by atoms with Gasteiger partial charge < -0.3 is 14.1 Å². The zero-order valence-corrected chi connectivity index (χ0v) is 19.8. The quantitative estimate of drug-likeness (QED) is 0.361. The van der Waals surface area contributed by atoms with Gasteiger partial charge in [0.05, 0.1) is 23.2 Å². The molecule has 1 amide bonds. The molecule has 0 unspecified atom stereocenters. The molecule has 0 bridgehead atoms. The molecule has 1 aliphatic carbocycles. The van der Waals surface area contributed by atoms with Crippen molar-refractivity contribution >= 4 is 17.5 Å². The van der Waals surface area contributed by atoms with E-state index < -0.39 is 0 Å². The van der Waals surface area contributed by atoms with Crippen molar-refractivity contribution in [2.75, 3.05) is 6.54 Å². The van der Waals surface area contributed by atoms with Gasteiger partial charge in [-0.25, -0.2) is 0 Å². The first-order valence-corrected chi connectivity index (χ1v) is 12.1. The van der Waals surface area contributed by atoms with Gasteiger partial charge in [0.15, 0.2) is 0 Å². The Morgan fingerprint density at radius 2 is 1.97 bits per heavy atom. The number of hydrogen-bond donors (Lipinski definition) is 0. The predicted octanol–water partition coefficient (Wildman–Crippen LogP) is 6.08. The van der Waals surface area contributed by atoms with Crippen LogP contribution in [-0.4, -0.2) is 33.7 Å². The summed E-state index contributed by atoms with van der Waals surface area (Å²) in [4.78, 5) is 14.8. The SMILES string of the molecule is CCCN(Cc1nnc(-c2ccccc2Cl)o1)C(=O)CCc1cccc(OC2CCCC2)c1. The lowest BCUT2D eigenvalue weighted by molar-refractivity contribution is -0.132. The number of halogens is 1. The van der Waals surface area contributed by atoms with Crippen molar-refractivity contribution in [1.29, 1.82) is 0 Å². The van der Waals surface area contributed by atoms with Crippen LogP contribution in [0.25, 0.3) is 11.5 Å². The normalized spacial score (nSPS) is 13.9. The second kappa shape index (κ2) is 11.3. The van der Waals surface area contributed by atoms with Gasteiger partial charge >= 0.3 is 0 Å². The molecular formula is C26H30ClN3O3. The van der Waals surface area contributed by atoms with E-state index in [-0.39, 0.29) is 12.5 Å². The Morgan fingerprint density at radius 3 is 2.76 bits per heavy atom. The average Bonchev–Trinajstić information content (AvgIpc) is 3.50. The van der Waals surface area contributed by atoms with Crippen molar-refractivity contribution in [3.05, 3.63) is 65.0 Å². The number of aromatic nitrogens is 2. The fourth-order valence-electron chi connectivity index (χ4n) is 4.17. The van der Waals surface area contributed by atoms with Crippen LogP contribution in [0, 0.1) is 0 Å². The number of carbonyl (C=O) groups is 1. The lowest BCUT2D eigenvalue weighted by Gasteiger charge is -2.20. The third-order valence-corrected chi connectivity index (χ3v) is 6.20. The first-order valence-electron chi connectivity index (χ1n) is 11.7. The van der Waals surface area contributed by atoms with E-state index in [9.17, 15) is 4.79 Å². The molecule has 2 aromatic carbocycles. The number of nitrogens with zero attached hydrogens (tertiary/aromatic N) is 3. The monoisotopic (exact) mass is 467 g/mol. The summed E-state index contributed by atoms with van der Waals surface area (Å²) in [5.41, 5.74) is 1.79. The molecule has 6 nitrogen and oxygen atoms in total. The van der Waals surface area contributed by atoms with Gasteiger partial charge in [0.2, 0.25) is 17.7 Å². The summed E-state index contributed by atoms with van der Waals surface area (Å²) in [5, 5.41) is 8.79. The molecule has 7 heteroatoms. The van der Waals surface area contributed by atoms with Crippen LogP contribution in [0.4, 0.5) is 0 Å². The van der Waals surface area contributed by atoms with E-state index in [1.807, 2.05) is 43.3 Å². The minimum absolute atomic E-state index is 0.0662. The van der Waals surface area contributed by atoms with Crippen LogP contribution in [0.15, 0.2) is 52.9 Å². The van der Waals surface area contributed by atoms with E-state index in [0.29, 0.717) is 47.9 Å². The summed E-state index contributed by atoms with van der Waals surface area (Å²) in [6, 6.07) is 15.4. The molecule has 0 atom stereocenters. The topological polar surface area (TPSA) is 68.5 Å². The summed E-state index contributed by atoms with van der Waals surface area (Å²) in [7, 11) is 0. The van der Waals surface area contributed by atoms with Crippen LogP contribution in [0.3, 0.4) is 0 Å². The maximum atomic E-state index is 13.0. The highest BCUT2D eigenvalue weighted by Crippen LogP contribution is 2.27. The first kappa shape index (κ1) is 23.3. The number of ether oxygens (including phenoxy) is 1. The molecule has 4 rings (SSSR count). The average molecular weight is 468 g/mol. The van der Waals surface area contributed by atoms with Crippen molar-refractivity contribution in [2.45, 2.75) is 64.5 Å². The summed E-state index contributed by atoms with van der Waals surface area (Å²) in [6.07, 6.45) is 6.99. The van der Waals surface area contributed by atoms with Crippen LogP contribution in [0.1, 0.15) is 56.9 Å². The number of amides is 1. The molecule has 1 fully saturated rings. The Labute approximate surface area is 199 Å². The van der Waals surface area contributed by atoms with Crippen LogP contribution in [0.2, 0.25) is 5.02 Å². The molecule has 0 N–H and O–H groups in total. The van der Waals surface area contributed by atoms with Crippen molar-refractivity contribution < 1.29 is 13.9 Å². The largest absolute Gasteiger partial charge is 0.490 e. The van der Waals surface area contributed by atoms with Gasteiger partial charge in [-0.15, -0.1) is 10.2 Å². The van der Waals surface area contributed by atoms with Crippen molar-refractivity contribution in [3.8, 4) is 17.2 Å². The highest BCUT2D eigenvalue weighted by Gasteiger charge is 2.19. The Hall–Kier alpha value is -2.86. The van der Waals surface area contributed by atoms with Gasteiger partial charge in [-0.1, -0.05) is 42.8 Å². The van der Waals surface area contributed by atoms with Crippen molar-refractivity contribution in [2.24, 2.45) is 0 Å². The van der Waals surface area contributed by atoms with Crippen LogP contribution >= 0.6 is 11.6 Å². The van der Waals surface area contributed by atoms with Crippen LogP contribution < -0.4 is 4.74 Å². The van der Waals surface area contributed by atoms with E-state index in [1.165, 1.54) is 12.8 Å². The second-order valence-corrected chi connectivity index (χ2v) is 8.88. The molecule has 0 aliphatic heterocycles. The number of benzene rings is 2. The van der Waals surface area contributed by atoms with Gasteiger partial charge in [0, 0.05) is 13.0 Å². The minimum atomic E-state index is 0.0662. The van der Waals surface area contributed by atoms with Crippen molar-refractivity contribution in [3.63, 3.8) is 0 Å². The molecule has 0 spiro atoms. The van der Waals surface area contributed by atoms with E-state index in [0.717, 1.165) is 30.6 Å². The summed E-state index contributed by atoms with van der Waals surface area (Å²) < 4.78 is 11.9. The number of rotatable bonds is 10. The molecule has 0 radical (unpaired) electrons. The third-order valence-electron chi connectivity index (χ3n) is 5.87. The smallest absolute Gasteiger partial charge is 0.249 e. The molecule has 174 valence electrons. The molecular weight excluding hydrogens is 438 g/mol. The number of aryl methyl sites for hydroxylation is 1. The van der Waals surface area contributed by atoms with Gasteiger partial charge in [-0.2, -0.15) is 0 Å². The third kappa shape index (κ3) is 6.35. The Bertz CT molecular complexity index is 1060. The zero-order chi connectivity index (χ0) is 23.0. The lowest BCUT2D eigenvalue weighted by Crippen LogP contribution is -2.31. The second-order valence-electron chi connectivity index (χ2n) is 8.47. The lowest BCUT2D eigenvalue weighted by atomic mass is 10.1. The number of carbonyl (C=O) groups excluding carboxylic acids is 1. The highest BCUT2D eigenvalue weighted by atomic mass is 35.5. The van der Waals surface area contributed by atoms with Crippen LogP contribution in [-0.2, 0) is 17.8 Å². The minimum Gasteiger partial charge on any atom is -0.490 e. The van der Waals surface area contributed by atoms with Gasteiger partial charge in [0.25, 0.3) is 0 Å². The molecule has 1 heterocycles. The van der Waals surface area contributed by atoms with Crippen molar-refractivity contribution in [1.82, 2.24) is 15.1 Å². The van der Waals surface area contributed by atoms with E-state index in [2.05, 4.69) is 16.3 Å². The molecule has 1 aliphatic rings. The maximum Gasteiger partial charge on any atom is 0.249 e. The molecule has 1 aromatic heterocycles. The van der Waals surface area contributed by atoms with E-state index in [1.54, 1.807) is 11.0 Å². The number of hydrogen-bond acceptors (Lipinski definition) is 5. The van der Waals surface area contributed by atoms with Gasteiger partial charge in [-0.3, -0.25) is 4.79 Å². The highest BCUT2D eigenvalue weighted by molar-refractivity contribution is 6.33. The first-order chi connectivity index (χ1) is 16.1. The molecule has 0 saturated heterocycles. The Kier molecular flexibility index (Phi) is 8.00. The molecule has 3 aromatic rings. The van der Waals surface area contributed by atoms with E-state index in [4.69, 9.17) is 20.8 Å². The predicted molar refractivity (Wildman–Crippen MR) is 128 cm³/mol. The fourth-order valence-corrected chi connectivity index (χ4v) is 4.39. The zero-order valence-electron chi connectivity index (χ0n) is 19.0. The Balaban J connectivity index is 1.35. The molecule has 1 saturated carbocycles. The van der Waals surface area contributed by atoms with Gasteiger partial charge in [0.1, 0.15) is 5.75 Å². The fraction of sp³-hybridized carbons (Fsp3) is 0.423.